The second kappa shape index (κ2) is 7.07. The van der Waals surface area contributed by atoms with Crippen molar-refractivity contribution < 1.29 is 9.53 Å². The Hall–Kier alpha value is -2.41. The Morgan fingerprint density at radius 3 is 2.81 bits per heavy atom. The van der Waals surface area contributed by atoms with Crippen molar-refractivity contribution in [3.63, 3.8) is 0 Å². The van der Waals surface area contributed by atoms with Gasteiger partial charge in [-0.05, 0) is 49.2 Å². The SMILES string of the molecule is CCOC(=O)N1CCN(c2ccnc3c2C=C(c2cc(C)ns2)C3)CC1. The maximum atomic E-state index is 11.9. The maximum absolute atomic E-state index is 11.9. The highest BCUT2D eigenvalue weighted by Gasteiger charge is 2.26. The smallest absolute Gasteiger partial charge is 0.409 e. The molecule has 0 atom stereocenters. The first-order valence-corrected chi connectivity index (χ1v) is 9.72. The van der Waals surface area contributed by atoms with E-state index >= 15 is 0 Å². The molecule has 1 aliphatic carbocycles. The van der Waals surface area contributed by atoms with Crippen LogP contribution < -0.4 is 4.90 Å². The quantitative estimate of drug-likeness (QED) is 0.830. The van der Waals surface area contributed by atoms with E-state index in [9.17, 15) is 4.79 Å². The van der Waals surface area contributed by atoms with Gasteiger partial charge in [0.05, 0.1) is 22.9 Å². The van der Waals surface area contributed by atoms with Crippen LogP contribution in [0.1, 0.15) is 28.8 Å². The Labute approximate surface area is 157 Å². The molecule has 1 aliphatic heterocycles. The van der Waals surface area contributed by atoms with Crippen LogP contribution in [0.4, 0.5) is 10.5 Å². The monoisotopic (exact) mass is 370 g/mol. The maximum Gasteiger partial charge on any atom is 0.409 e. The van der Waals surface area contributed by atoms with Crippen LogP contribution in [-0.2, 0) is 11.2 Å². The number of nitrogens with zero attached hydrogens (tertiary/aromatic N) is 4. The Kier molecular flexibility index (Phi) is 4.63. The van der Waals surface area contributed by atoms with Crippen molar-refractivity contribution in [2.24, 2.45) is 0 Å². The average Bonchev–Trinajstić information content (AvgIpc) is 3.27. The molecule has 2 aromatic rings. The van der Waals surface area contributed by atoms with E-state index in [1.807, 2.05) is 20.0 Å². The molecule has 1 amide bonds. The second-order valence-electron chi connectivity index (χ2n) is 6.54. The van der Waals surface area contributed by atoms with Gasteiger partial charge in [-0.2, -0.15) is 4.37 Å². The van der Waals surface area contributed by atoms with Crippen LogP contribution in [-0.4, -0.2) is 53.1 Å². The van der Waals surface area contributed by atoms with Crippen molar-refractivity contribution in [3.05, 3.63) is 40.2 Å². The van der Waals surface area contributed by atoms with E-state index in [0.717, 1.165) is 30.9 Å². The Morgan fingerprint density at radius 2 is 2.12 bits per heavy atom. The summed E-state index contributed by atoms with van der Waals surface area (Å²) in [6.07, 6.45) is 4.78. The topological polar surface area (TPSA) is 58.6 Å². The highest BCUT2D eigenvalue weighted by Crippen LogP contribution is 2.37. The van der Waals surface area contributed by atoms with E-state index in [4.69, 9.17) is 4.74 Å². The lowest BCUT2D eigenvalue weighted by molar-refractivity contribution is 0.105. The number of hydrogen-bond acceptors (Lipinski definition) is 6. The van der Waals surface area contributed by atoms with E-state index in [-0.39, 0.29) is 6.09 Å². The van der Waals surface area contributed by atoms with Crippen molar-refractivity contribution in [2.75, 3.05) is 37.7 Å². The molecule has 2 aliphatic rings. The number of anilines is 1. The molecule has 0 unspecified atom stereocenters. The lowest BCUT2D eigenvalue weighted by Crippen LogP contribution is -2.49. The fraction of sp³-hybridized carbons (Fsp3) is 0.421. The molecular weight excluding hydrogens is 348 g/mol. The van der Waals surface area contributed by atoms with E-state index in [0.29, 0.717) is 19.7 Å². The summed E-state index contributed by atoms with van der Waals surface area (Å²) in [5.41, 5.74) is 5.88. The van der Waals surface area contributed by atoms with Gasteiger partial charge >= 0.3 is 6.09 Å². The number of aromatic nitrogens is 2. The zero-order chi connectivity index (χ0) is 18.1. The zero-order valence-corrected chi connectivity index (χ0v) is 15.9. The van der Waals surface area contributed by atoms with Crippen LogP contribution in [0.3, 0.4) is 0 Å². The van der Waals surface area contributed by atoms with Gasteiger partial charge in [0, 0.05) is 50.0 Å². The molecule has 1 fully saturated rings. The van der Waals surface area contributed by atoms with Crippen molar-refractivity contribution in [1.82, 2.24) is 14.3 Å². The molecule has 0 saturated carbocycles. The van der Waals surface area contributed by atoms with Crippen LogP contribution in [0.2, 0.25) is 0 Å². The summed E-state index contributed by atoms with van der Waals surface area (Å²) in [6, 6.07) is 4.22. The number of carbonyl (C=O) groups is 1. The van der Waals surface area contributed by atoms with Crippen LogP contribution >= 0.6 is 11.5 Å². The normalized spacial score (nSPS) is 16.5. The number of piperazine rings is 1. The van der Waals surface area contributed by atoms with Crippen LogP contribution in [0, 0.1) is 6.92 Å². The van der Waals surface area contributed by atoms with Crippen molar-refractivity contribution >= 4 is 35.0 Å². The lowest BCUT2D eigenvalue weighted by Gasteiger charge is -2.36. The van der Waals surface area contributed by atoms with Gasteiger partial charge in [-0.25, -0.2) is 4.79 Å². The van der Waals surface area contributed by atoms with Crippen molar-refractivity contribution in [2.45, 2.75) is 20.3 Å². The summed E-state index contributed by atoms with van der Waals surface area (Å²) in [4.78, 5) is 21.8. The van der Waals surface area contributed by atoms with E-state index in [1.54, 1.807) is 16.4 Å². The number of rotatable bonds is 3. The number of aryl methyl sites for hydroxylation is 1. The molecule has 0 bridgehead atoms. The Bertz CT molecular complexity index is 853. The molecule has 6 nitrogen and oxygen atoms in total. The molecule has 0 radical (unpaired) electrons. The summed E-state index contributed by atoms with van der Waals surface area (Å²) >= 11 is 1.55. The summed E-state index contributed by atoms with van der Waals surface area (Å²) in [7, 11) is 0. The second-order valence-corrected chi connectivity index (χ2v) is 7.35. The van der Waals surface area contributed by atoms with Crippen molar-refractivity contribution in [3.8, 4) is 0 Å². The van der Waals surface area contributed by atoms with Gasteiger partial charge in [0.2, 0.25) is 0 Å². The van der Waals surface area contributed by atoms with Crippen LogP contribution in [0.25, 0.3) is 11.6 Å². The fourth-order valence-corrected chi connectivity index (χ4v) is 4.27. The Morgan fingerprint density at radius 1 is 1.31 bits per heavy atom. The highest BCUT2D eigenvalue weighted by molar-refractivity contribution is 7.07. The van der Waals surface area contributed by atoms with Gasteiger partial charge in [0.25, 0.3) is 0 Å². The number of fused-ring (bicyclic) bond motifs is 1. The minimum atomic E-state index is -0.213. The first-order chi connectivity index (χ1) is 12.7. The van der Waals surface area contributed by atoms with Gasteiger partial charge in [-0.1, -0.05) is 0 Å². The number of allylic oxidation sites excluding steroid dienone is 1. The lowest BCUT2D eigenvalue weighted by atomic mass is 10.1. The molecule has 4 rings (SSSR count). The third-order valence-corrected chi connectivity index (χ3v) is 5.77. The zero-order valence-electron chi connectivity index (χ0n) is 15.1. The van der Waals surface area contributed by atoms with E-state index in [2.05, 4.69) is 32.5 Å². The first-order valence-electron chi connectivity index (χ1n) is 8.94. The molecule has 0 aromatic carbocycles. The first kappa shape index (κ1) is 17.0. The van der Waals surface area contributed by atoms with Crippen LogP contribution in [0.5, 0.6) is 0 Å². The van der Waals surface area contributed by atoms with Gasteiger partial charge in [-0.3, -0.25) is 4.98 Å². The number of carbonyl (C=O) groups excluding carboxylic acids is 1. The molecule has 0 N–H and O–H groups in total. The Balaban J connectivity index is 1.53. The average molecular weight is 370 g/mol. The van der Waals surface area contributed by atoms with Gasteiger partial charge < -0.3 is 14.5 Å². The van der Waals surface area contributed by atoms with Crippen molar-refractivity contribution in [1.29, 1.82) is 0 Å². The molecular formula is C19H22N4O2S. The van der Waals surface area contributed by atoms with Gasteiger partial charge in [0.15, 0.2) is 0 Å². The third-order valence-electron chi connectivity index (χ3n) is 4.82. The molecule has 3 heterocycles. The summed E-state index contributed by atoms with van der Waals surface area (Å²) < 4.78 is 9.50. The minimum Gasteiger partial charge on any atom is -0.450 e. The standard InChI is InChI=1S/C19H22N4O2S/c1-3-25-19(24)23-8-6-22(7-9-23)17-4-5-20-16-12-14(11-15(16)17)18-10-13(2)21-26-18/h4-5,10-11H,3,6-9,12H2,1-2H3. The number of amides is 1. The van der Waals surface area contributed by atoms with E-state index in [1.165, 1.54) is 21.7 Å². The molecule has 136 valence electrons. The fourth-order valence-electron chi connectivity index (χ4n) is 3.50. The van der Waals surface area contributed by atoms with Gasteiger partial charge in [0.1, 0.15) is 0 Å². The van der Waals surface area contributed by atoms with Crippen LogP contribution in [0.15, 0.2) is 18.3 Å². The predicted octanol–water partition coefficient (Wildman–Crippen LogP) is 3.22. The predicted molar refractivity (Wildman–Crippen MR) is 103 cm³/mol. The molecule has 0 spiro atoms. The van der Waals surface area contributed by atoms with E-state index < -0.39 is 0 Å². The summed E-state index contributed by atoms with van der Waals surface area (Å²) in [6.45, 7) is 7.25. The number of ether oxygens (including phenoxy) is 1. The molecule has 1 saturated heterocycles. The van der Waals surface area contributed by atoms with Gasteiger partial charge in [-0.15, -0.1) is 0 Å². The largest absolute Gasteiger partial charge is 0.450 e. The molecule has 26 heavy (non-hydrogen) atoms. The summed E-state index contributed by atoms with van der Waals surface area (Å²) in [5, 5.41) is 0. The highest BCUT2D eigenvalue weighted by atomic mass is 32.1. The number of hydrogen-bond donors (Lipinski definition) is 0. The minimum absolute atomic E-state index is 0.213. The molecule has 7 heteroatoms. The summed E-state index contributed by atoms with van der Waals surface area (Å²) in [5.74, 6) is 0. The molecule has 2 aromatic heterocycles. The number of pyridine rings is 1. The third kappa shape index (κ3) is 3.19.